The van der Waals surface area contributed by atoms with E-state index in [4.69, 9.17) is 0 Å². The fourth-order valence-corrected chi connectivity index (χ4v) is 3.00. The number of carbonyl (C=O) groups is 2. The van der Waals surface area contributed by atoms with Crippen LogP contribution in [0.15, 0.2) is 67.3 Å². The SMILES string of the molecule is C=CCNC(=O)c1ccccc1NC(=O)[C@@H](C)SCc1ccccc1. The molecule has 2 aromatic carbocycles. The highest BCUT2D eigenvalue weighted by molar-refractivity contribution is 7.99. The van der Waals surface area contributed by atoms with E-state index < -0.39 is 0 Å². The van der Waals surface area contributed by atoms with E-state index in [-0.39, 0.29) is 17.1 Å². The van der Waals surface area contributed by atoms with Crippen molar-refractivity contribution < 1.29 is 9.59 Å². The van der Waals surface area contributed by atoms with Crippen LogP contribution in [0.3, 0.4) is 0 Å². The maximum Gasteiger partial charge on any atom is 0.253 e. The van der Waals surface area contributed by atoms with E-state index in [9.17, 15) is 9.59 Å². The third-order valence-electron chi connectivity index (χ3n) is 3.55. The third-order valence-corrected chi connectivity index (χ3v) is 4.76. The van der Waals surface area contributed by atoms with Crippen LogP contribution in [0.5, 0.6) is 0 Å². The van der Waals surface area contributed by atoms with Gasteiger partial charge >= 0.3 is 0 Å². The molecule has 1 atom stereocenters. The minimum absolute atomic E-state index is 0.120. The molecule has 0 aliphatic carbocycles. The van der Waals surface area contributed by atoms with Crippen molar-refractivity contribution in [1.82, 2.24) is 5.32 Å². The molecule has 4 nitrogen and oxygen atoms in total. The lowest BCUT2D eigenvalue weighted by atomic mass is 10.1. The lowest BCUT2D eigenvalue weighted by Gasteiger charge is -2.14. The Kier molecular flexibility index (Phi) is 7.29. The van der Waals surface area contributed by atoms with E-state index in [1.54, 1.807) is 42.1 Å². The summed E-state index contributed by atoms with van der Waals surface area (Å²) in [5, 5.41) is 5.35. The van der Waals surface area contributed by atoms with Crippen LogP contribution in [0.4, 0.5) is 5.69 Å². The minimum Gasteiger partial charge on any atom is -0.349 e. The summed E-state index contributed by atoms with van der Waals surface area (Å²) in [6.07, 6.45) is 1.61. The Balaban J connectivity index is 1.97. The number of hydrogen-bond donors (Lipinski definition) is 2. The first-order valence-corrected chi connectivity index (χ1v) is 9.11. The summed E-state index contributed by atoms with van der Waals surface area (Å²) in [5.74, 6) is 0.405. The van der Waals surface area contributed by atoms with Crippen molar-refractivity contribution in [3.8, 4) is 0 Å². The second kappa shape index (κ2) is 9.69. The first kappa shape index (κ1) is 18.8. The van der Waals surface area contributed by atoms with Crippen molar-refractivity contribution in [3.05, 3.63) is 78.4 Å². The first-order valence-electron chi connectivity index (χ1n) is 8.06. The highest BCUT2D eigenvalue weighted by atomic mass is 32.2. The van der Waals surface area contributed by atoms with Crippen LogP contribution in [0.1, 0.15) is 22.8 Å². The van der Waals surface area contributed by atoms with Crippen LogP contribution in [0.2, 0.25) is 0 Å². The molecular formula is C20H22N2O2S. The molecule has 130 valence electrons. The summed E-state index contributed by atoms with van der Waals surface area (Å²) >= 11 is 1.56. The number of carbonyl (C=O) groups excluding carboxylic acids is 2. The molecular weight excluding hydrogens is 332 g/mol. The quantitative estimate of drug-likeness (QED) is 0.708. The van der Waals surface area contributed by atoms with Crippen LogP contribution >= 0.6 is 11.8 Å². The molecule has 0 aliphatic rings. The summed E-state index contributed by atoms with van der Waals surface area (Å²) < 4.78 is 0. The van der Waals surface area contributed by atoms with E-state index in [1.807, 2.05) is 37.3 Å². The zero-order valence-corrected chi connectivity index (χ0v) is 15.0. The number of anilines is 1. The van der Waals surface area contributed by atoms with Gasteiger partial charge in [0, 0.05) is 12.3 Å². The second-order valence-electron chi connectivity index (χ2n) is 5.47. The van der Waals surface area contributed by atoms with Gasteiger partial charge in [0.25, 0.3) is 5.91 Å². The molecule has 2 amide bonds. The fourth-order valence-electron chi connectivity index (χ4n) is 2.16. The standard InChI is InChI=1S/C20H22N2O2S/c1-3-13-21-20(24)17-11-7-8-12-18(17)22-19(23)15(2)25-14-16-9-5-4-6-10-16/h3-12,15H,1,13-14H2,2H3,(H,21,24)(H,22,23)/t15-/m1/s1. The summed E-state index contributed by atoms with van der Waals surface area (Å²) in [5.41, 5.74) is 2.13. The molecule has 2 rings (SSSR count). The Labute approximate surface area is 152 Å². The molecule has 0 aromatic heterocycles. The number of hydrogen-bond acceptors (Lipinski definition) is 3. The first-order chi connectivity index (χ1) is 12.1. The van der Waals surface area contributed by atoms with Gasteiger partial charge in [-0.25, -0.2) is 0 Å². The van der Waals surface area contributed by atoms with Gasteiger partial charge in [-0.1, -0.05) is 48.5 Å². The fraction of sp³-hybridized carbons (Fsp3) is 0.200. The summed E-state index contributed by atoms with van der Waals surface area (Å²) in [6.45, 7) is 5.82. The van der Waals surface area contributed by atoms with Crippen LogP contribution in [0, 0.1) is 0 Å². The van der Waals surface area contributed by atoms with Gasteiger partial charge in [-0.15, -0.1) is 18.3 Å². The molecule has 0 unspecified atom stereocenters. The Morgan fingerprint density at radius 3 is 2.52 bits per heavy atom. The van der Waals surface area contributed by atoms with Crippen LogP contribution in [-0.4, -0.2) is 23.6 Å². The van der Waals surface area contributed by atoms with Crippen molar-refractivity contribution in [2.45, 2.75) is 17.9 Å². The summed E-state index contributed by atoms with van der Waals surface area (Å²) in [4.78, 5) is 24.6. The van der Waals surface area contributed by atoms with E-state index in [2.05, 4.69) is 17.2 Å². The van der Waals surface area contributed by atoms with Crippen molar-refractivity contribution in [2.75, 3.05) is 11.9 Å². The minimum atomic E-state index is -0.236. The van der Waals surface area contributed by atoms with Gasteiger partial charge in [-0.05, 0) is 24.6 Å². The molecule has 0 bridgehead atoms. The Morgan fingerprint density at radius 2 is 1.80 bits per heavy atom. The average Bonchev–Trinajstić information content (AvgIpc) is 2.65. The number of thioether (sulfide) groups is 1. The van der Waals surface area contributed by atoms with Crippen molar-refractivity contribution >= 4 is 29.3 Å². The van der Waals surface area contributed by atoms with Gasteiger partial charge in [0.1, 0.15) is 0 Å². The molecule has 0 fully saturated rings. The Hall–Kier alpha value is -2.53. The van der Waals surface area contributed by atoms with Gasteiger partial charge in [0.15, 0.2) is 0 Å². The summed E-state index contributed by atoms with van der Waals surface area (Å²) in [7, 11) is 0. The largest absolute Gasteiger partial charge is 0.349 e. The van der Waals surface area contributed by atoms with Crippen LogP contribution in [-0.2, 0) is 10.5 Å². The van der Waals surface area contributed by atoms with Crippen molar-refractivity contribution in [2.24, 2.45) is 0 Å². The molecule has 0 radical (unpaired) electrons. The van der Waals surface area contributed by atoms with E-state index >= 15 is 0 Å². The number of nitrogens with one attached hydrogen (secondary N) is 2. The average molecular weight is 354 g/mol. The van der Waals surface area contributed by atoms with Gasteiger partial charge < -0.3 is 10.6 Å². The number of para-hydroxylation sites is 1. The van der Waals surface area contributed by atoms with E-state index in [1.165, 1.54) is 5.56 Å². The summed E-state index contributed by atoms with van der Waals surface area (Å²) in [6, 6.07) is 17.0. The maximum atomic E-state index is 12.4. The molecule has 0 saturated carbocycles. The van der Waals surface area contributed by atoms with Gasteiger partial charge in [0.05, 0.1) is 16.5 Å². The van der Waals surface area contributed by atoms with Crippen LogP contribution in [0.25, 0.3) is 0 Å². The molecule has 0 aliphatic heterocycles. The molecule has 2 aromatic rings. The zero-order chi connectivity index (χ0) is 18.1. The predicted molar refractivity (Wildman–Crippen MR) is 105 cm³/mol. The van der Waals surface area contributed by atoms with Crippen molar-refractivity contribution in [1.29, 1.82) is 0 Å². The second-order valence-corrected chi connectivity index (χ2v) is 6.80. The van der Waals surface area contributed by atoms with E-state index in [0.29, 0.717) is 17.8 Å². The highest BCUT2D eigenvalue weighted by Crippen LogP contribution is 2.21. The van der Waals surface area contributed by atoms with Crippen molar-refractivity contribution in [3.63, 3.8) is 0 Å². The van der Waals surface area contributed by atoms with Gasteiger partial charge in [-0.3, -0.25) is 9.59 Å². The third kappa shape index (κ3) is 5.80. The molecule has 0 saturated heterocycles. The van der Waals surface area contributed by atoms with Gasteiger partial charge in [0.2, 0.25) is 5.91 Å². The monoisotopic (exact) mass is 354 g/mol. The lowest BCUT2D eigenvalue weighted by Crippen LogP contribution is -2.27. The molecule has 0 spiro atoms. The number of benzene rings is 2. The highest BCUT2D eigenvalue weighted by Gasteiger charge is 2.17. The lowest BCUT2D eigenvalue weighted by molar-refractivity contribution is -0.115. The smallest absolute Gasteiger partial charge is 0.253 e. The molecule has 5 heteroatoms. The molecule has 0 heterocycles. The predicted octanol–water partition coefficient (Wildman–Crippen LogP) is 3.86. The maximum absolute atomic E-state index is 12.4. The van der Waals surface area contributed by atoms with Gasteiger partial charge in [-0.2, -0.15) is 0 Å². The van der Waals surface area contributed by atoms with Crippen LogP contribution < -0.4 is 10.6 Å². The van der Waals surface area contributed by atoms with E-state index in [0.717, 1.165) is 5.75 Å². The normalized spacial score (nSPS) is 11.4. The zero-order valence-electron chi connectivity index (χ0n) is 14.2. The Morgan fingerprint density at radius 1 is 1.12 bits per heavy atom. The molecule has 25 heavy (non-hydrogen) atoms. The number of rotatable bonds is 8. The topological polar surface area (TPSA) is 58.2 Å². The Bertz CT molecular complexity index is 731. The number of amides is 2. The molecule has 2 N–H and O–H groups in total.